The van der Waals surface area contributed by atoms with Crippen LogP contribution < -0.4 is 0 Å². The second-order valence-corrected chi connectivity index (χ2v) is 11.7. The van der Waals surface area contributed by atoms with Crippen molar-refractivity contribution in [1.29, 1.82) is 5.26 Å². The molecule has 4 aliphatic carbocycles. The predicted molar refractivity (Wildman–Crippen MR) is 147 cm³/mol. The molecule has 2 saturated carbocycles. The summed E-state index contributed by atoms with van der Waals surface area (Å²) in [4.78, 5) is 13.5. The van der Waals surface area contributed by atoms with Crippen LogP contribution in [-0.2, 0) is 4.79 Å². The minimum absolute atomic E-state index is 0.204. The van der Waals surface area contributed by atoms with Crippen molar-refractivity contribution < 1.29 is 15.0 Å². The molecule has 2 aromatic rings. The SMILES string of the molecule is C[C@]12CC[C@H]3[C@@H](C=CC4=C(c5ccccc5-c5ccc(C#N)cc5)C(=O)CC[C@@H]43)[C@@H]1CC[C@@]2(O)C#CCO. The highest BCUT2D eigenvalue weighted by Gasteiger charge is 2.61. The Morgan fingerprint density at radius 3 is 2.53 bits per heavy atom. The second kappa shape index (κ2) is 9.39. The van der Waals surface area contributed by atoms with E-state index >= 15 is 0 Å². The van der Waals surface area contributed by atoms with Gasteiger partial charge in [-0.3, -0.25) is 4.79 Å². The summed E-state index contributed by atoms with van der Waals surface area (Å²) in [6.45, 7) is 1.96. The van der Waals surface area contributed by atoms with Gasteiger partial charge < -0.3 is 10.2 Å². The molecular weight excluding hydrogens is 470 g/mol. The minimum atomic E-state index is -1.05. The van der Waals surface area contributed by atoms with Crippen LogP contribution in [-0.4, -0.2) is 28.2 Å². The quantitative estimate of drug-likeness (QED) is 0.516. The first kappa shape index (κ1) is 24.9. The van der Waals surface area contributed by atoms with Crippen LogP contribution in [0.25, 0.3) is 16.7 Å². The molecule has 0 bridgehead atoms. The zero-order valence-corrected chi connectivity index (χ0v) is 21.8. The van der Waals surface area contributed by atoms with Crippen molar-refractivity contribution in [1.82, 2.24) is 0 Å². The van der Waals surface area contributed by atoms with E-state index in [1.165, 1.54) is 5.57 Å². The van der Waals surface area contributed by atoms with Crippen molar-refractivity contribution >= 4 is 11.4 Å². The predicted octanol–water partition coefficient (Wildman–Crippen LogP) is 5.70. The van der Waals surface area contributed by atoms with E-state index < -0.39 is 5.60 Å². The molecule has 2 N–H and O–H groups in total. The minimum Gasteiger partial charge on any atom is -0.384 e. The molecule has 4 heteroatoms. The number of aliphatic hydroxyl groups excluding tert-OH is 1. The lowest BCUT2D eigenvalue weighted by Gasteiger charge is -2.53. The van der Waals surface area contributed by atoms with E-state index in [0.29, 0.717) is 42.1 Å². The largest absolute Gasteiger partial charge is 0.384 e. The van der Waals surface area contributed by atoms with Crippen molar-refractivity contribution in [2.75, 3.05) is 6.61 Å². The number of nitriles is 1. The normalized spacial score (nSPS) is 33.5. The number of benzene rings is 2. The summed E-state index contributed by atoms with van der Waals surface area (Å²) in [6.07, 6.45) is 9.44. The third-order valence-electron chi connectivity index (χ3n) is 10.1. The maximum absolute atomic E-state index is 13.5. The van der Waals surface area contributed by atoms with E-state index in [2.05, 4.69) is 49.1 Å². The molecule has 4 nitrogen and oxygen atoms in total. The Balaban J connectivity index is 1.42. The molecule has 6 atom stereocenters. The summed E-state index contributed by atoms with van der Waals surface area (Å²) in [5.74, 6) is 7.44. The number of fused-ring (bicyclic) bond motifs is 5. The Morgan fingerprint density at radius 1 is 1.03 bits per heavy atom. The molecule has 4 aliphatic rings. The fraction of sp³-hybridized carbons (Fsp3) is 0.412. The molecule has 192 valence electrons. The van der Waals surface area contributed by atoms with Gasteiger partial charge in [0.2, 0.25) is 0 Å². The molecule has 0 unspecified atom stereocenters. The molecule has 0 saturated heterocycles. The van der Waals surface area contributed by atoms with Gasteiger partial charge in [-0.15, -0.1) is 0 Å². The lowest BCUT2D eigenvalue weighted by molar-refractivity contribution is -0.114. The van der Waals surface area contributed by atoms with Crippen molar-refractivity contribution in [3.8, 4) is 29.0 Å². The van der Waals surface area contributed by atoms with Crippen LogP contribution >= 0.6 is 0 Å². The van der Waals surface area contributed by atoms with Gasteiger partial charge in [0.25, 0.3) is 0 Å². The average molecular weight is 504 g/mol. The zero-order valence-electron chi connectivity index (χ0n) is 21.8. The van der Waals surface area contributed by atoms with Crippen LogP contribution in [0.2, 0.25) is 0 Å². The van der Waals surface area contributed by atoms with Crippen LogP contribution in [0.3, 0.4) is 0 Å². The third kappa shape index (κ3) is 3.70. The van der Waals surface area contributed by atoms with Gasteiger partial charge in [0.1, 0.15) is 12.2 Å². The smallest absolute Gasteiger partial charge is 0.163 e. The fourth-order valence-electron chi connectivity index (χ4n) is 8.14. The number of ketones is 1. The molecule has 2 fully saturated rings. The zero-order chi connectivity index (χ0) is 26.5. The number of nitrogens with zero attached hydrogens (tertiary/aromatic N) is 1. The standard InChI is InChI=1S/C34H33NO3/c1-33-18-15-26-25-13-14-31(37)32(28-6-3-2-5-24(28)23-9-7-22(21-35)8-10-23)29(25)12-11-27(26)30(33)16-19-34(33,38)17-4-20-36/h2-3,5-12,25-27,30,36,38H,13-16,18-20H2,1H3/t25-,26-,27-,30+,33+,34+/m1/s1. The summed E-state index contributed by atoms with van der Waals surface area (Å²) < 4.78 is 0. The van der Waals surface area contributed by atoms with Gasteiger partial charge in [0, 0.05) is 17.4 Å². The Labute approximate surface area is 224 Å². The number of aliphatic hydroxyl groups is 2. The van der Waals surface area contributed by atoms with Gasteiger partial charge in [-0.05, 0) is 90.2 Å². The molecule has 2 aromatic carbocycles. The molecule has 0 aromatic heterocycles. The van der Waals surface area contributed by atoms with Gasteiger partial charge in [-0.1, -0.05) is 67.3 Å². The van der Waals surface area contributed by atoms with E-state index in [1.807, 2.05) is 36.4 Å². The molecule has 0 aliphatic heterocycles. The maximum Gasteiger partial charge on any atom is 0.163 e. The monoisotopic (exact) mass is 503 g/mol. The number of carbonyl (C=O) groups excluding carboxylic acids is 1. The number of hydrogen-bond acceptors (Lipinski definition) is 4. The Morgan fingerprint density at radius 2 is 1.79 bits per heavy atom. The molecule has 0 radical (unpaired) electrons. The second-order valence-electron chi connectivity index (χ2n) is 11.7. The topological polar surface area (TPSA) is 81.3 Å². The van der Waals surface area contributed by atoms with Crippen molar-refractivity contribution in [3.05, 3.63) is 77.4 Å². The average Bonchev–Trinajstić information content (AvgIpc) is 3.22. The number of hydrogen-bond donors (Lipinski definition) is 2. The number of rotatable bonds is 2. The van der Waals surface area contributed by atoms with Crippen LogP contribution in [0.4, 0.5) is 0 Å². The molecule has 0 heterocycles. The van der Waals surface area contributed by atoms with E-state index in [4.69, 9.17) is 0 Å². The first-order chi connectivity index (χ1) is 18.4. The lowest BCUT2D eigenvalue weighted by atomic mass is 9.52. The van der Waals surface area contributed by atoms with E-state index in [1.54, 1.807) is 0 Å². The lowest BCUT2D eigenvalue weighted by Crippen LogP contribution is -2.51. The van der Waals surface area contributed by atoms with Crippen molar-refractivity contribution in [2.24, 2.45) is 29.1 Å². The van der Waals surface area contributed by atoms with Gasteiger partial charge in [0.05, 0.1) is 11.6 Å². The highest BCUT2D eigenvalue weighted by Crippen LogP contribution is 2.64. The van der Waals surface area contributed by atoms with Crippen molar-refractivity contribution in [2.45, 2.75) is 51.0 Å². The Hall–Kier alpha value is -3.44. The highest BCUT2D eigenvalue weighted by atomic mass is 16.3. The molecule has 0 spiro atoms. The van der Waals surface area contributed by atoms with Gasteiger partial charge in [0.15, 0.2) is 5.78 Å². The first-order valence-corrected chi connectivity index (χ1v) is 13.8. The van der Waals surface area contributed by atoms with Crippen LogP contribution in [0.1, 0.15) is 56.6 Å². The Bertz CT molecular complexity index is 1450. The number of allylic oxidation sites excluding steroid dienone is 4. The molecule has 38 heavy (non-hydrogen) atoms. The molecule has 0 amide bonds. The molecule has 6 rings (SSSR count). The summed E-state index contributed by atoms with van der Waals surface area (Å²) in [5, 5.41) is 30.0. The summed E-state index contributed by atoms with van der Waals surface area (Å²) in [7, 11) is 0. The summed E-state index contributed by atoms with van der Waals surface area (Å²) in [5.41, 5.74) is 4.28. The first-order valence-electron chi connectivity index (χ1n) is 13.8. The van der Waals surface area contributed by atoms with Crippen LogP contribution in [0, 0.1) is 52.3 Å². The van der Waals surface area contributed by atoms with Crippen molar-refractivity contribution in [3.63, 3.8) is 0 Å². The summed E-state index contributed by atoms with van der Waals surface area (Å²) in [6, 6.07) is 17.9. The fourth-order valence-corrected chi connectivity index (χ4v) is 8.14. The summed E-state index contributed by atoms with van der Waals surface area (Å²) >= 11 is 0. The number of carbonyl (C=O) groups is 1. The van der Waals surface area contributed by atoms with Gasteiger partial charge in [-0.25, -0.2) is 0 Å². The number of Topliss-reactive ketones (excluding diaryl/α,β-unsaturated/α-hetero) is 1. The van der Waals surface area contributed by atoms with Gasteiger partial charge in [-0.2, -0.15) is 5.26 Å². The van der Waals surface area contributed by atoms with Crippen LogP contribution in [0.5, 0.6) is 0 Å². The van der Waals surface area contributed by atoms with Gasteiger partial charge >= 0.3 is 0 Å². The van der Waals surface area contributed by atoms with E-state index in [0.717, 1.165) is 47.9 Å². The Kier molecular flexibility index (Phi) is 6.14. The van der Waals surface area contributed by atoms with E-state index in [-0.39, 0.29) is 17.8 Å². The van der Waals surface area contributed by atoms with Crippen LogP contribution in [0.15, 0.2) is 66.3 Å². The van der Waals surface area contributed by atoms with E-state index in [9.17, 15) is 20.3 Å². The maximum atomic E-state index is 13.5. The molecular formula is C34H33NO3. The highest BCUT2D eigenvalue weighted by molar-refractivity contribution is 6.24. The third-order valence-corrected chi connectivity index (χ3v) is 10.1.